The van der Waals surface area contributed by atoms with Gasteiger partial charge in [0.2, 0.25) is 12.3 Å². The summed E-state index contributed by atoms with van der Waals surface area (Å²) >= 11 is 2.75. The molecule has 1 unspecified atom stereocenters. The molecule has 194 valence electrons. The number of rotatable bonds is 9. The lowest BCUT2D eigenvalue weighted by Gasteiger charge is -2.18. The van der Waals surface area contributed by atoms with Crippen molar-refractivity contribution in [3.8, 4) is 0 Å². The predicted molar refractivity (Wildman–Crippen MR) is 151 cm³/mol. The van der Waals surface area contributed by atoms with Crippen molar-refractivity contribution in [2.24, 2.45) is 10.9 Å². The van der Waals surface area contributed by atoms with Gasteiger partial charge in [0, 0.05) is 41.5 Å². The number of nitrogens with zero attached hydrogens (tertiary/aromatic N) is 1. The van der Waals surface area contributed by atoms with Crippen LogP contribution in [0.15, 0.2) is 72.8 Å². The van der Waals surface area contributed by atoms with Gasteiger partial charge in [-0.3, -0.25) is 19.5 Å². The van der Waals surface area contributed by atoms with Crippen molar-refractivity contribution in [2.45, 2.75) is 45.3 Å². The SMILES string of the molecule is CCNSN.NCc1ccc(CNC(=O)C2CCCN2C=O)s1.c1ccc(Cc2ccccc2)cc1. The molecule has 1 fully saturated rings. The highest BCUT2D eigenvalue weighted by molar-refractivity contribution is 7.95. The molecule has 1 saturated heterocycles. The van der Waals surface area contributed by atoms with E-state index in [9.17, 15) is 9.59 Å². The number of benzene rings is 2. The largest absolute Gasteiger partial charge is 0.349 e. The minimum atomic E-state index is -0.295. The number of nitrogens with one attached hydrogen (secondary N) is 2. The molecular formula is C27H37N5O2S2. The third-order valence-corrected chi connectivity index (χ3v) is 6.97. The summed E-state index contributed by atoms with van der Waals surface area (Å²) in [6.45, 7) is 4.64. The van der Waals surface area contributed by atoms with Crippen LogP contribution in [0.2, 0.25) is 0 Å². The Balaban J connectivity index is 0.000000221. The van der Waals surface area contributed by atoms with Crippen molar-refractivity contribution in [3.05, 3.63) is 93.7 Å². The Labute approximate surface area is 222 Å². The van der Waals surface area contributed by atoms with Gasteiger partial charge in [-0.2, -0.15) is 0 Å². The van der Waals surface area contributed by atoms with E-state index in [-0.39, 0.29) is 11.9 Å². The third kappa shape index (κ3) is 10.9. The van der Waals surface area contributed by atoms with E-state index < -0.39 is 0 Å². The van der Waals surface area contributed by atoms with E-state index >= 15 is 0 Å². The average Bonchev–Trinajstić information content (AvgIpc) is 3.59. The quantitative estimate of drug-likeness (QED) is 0.248. The highest BCUT2D eigenvalue weighted by Gasteiger charge is 2.29. The molecule has 1 atom stereocenters. The van der Waals surface area contributed by atoms with Crippen LogP contribution in [0, 0.1) is 0 Å². The first-order valence-corrected chi connectivity index (χ1v) is 13.7. The minimum absolute atomic E-state index is 0.0673. The van der Waals surface area contributed by atoms with E-state index in [0.29, 0.717) is 19.6 Å². The van der Waals surface area contributed by atoms with Crippen LogP contribution in [0.1, 0.15) is 40.6 Å². The van der Waals surface area contributed by atoms with Crippen LogP contribution in [0.4, 0.5) is 0 Å². The molecule has 2 aromatic carbocycles. The van der Waals surface area contributed by atoms with Crippen LogP contribution in [-0.4, -0.2) is 36.3 Å². The molecule has 0 radical (unpaired) electrons. The maximum absolute atomic E-state index is 11.9. The number of amides is 2. The number of likely N-dealkylation sites (tertiary alicyclic amines) is 1. The van der Waals surface area contributed by atoms with Crippen LogP contribution in [0.25, 0.3) is 0 Å². The number of hydrogen-bond acceptors (Lipinski definition) is 7. The average molecular weight is 528 g/mol. The fourth-order valence-electron chi connectivity index (χ4n) is 3.63. The van der Waals surface area contributed by atoms with E-state index in [2.05, 4.69) is 70.7 Å². The second-order valence-electron chi connectivity index (χ2n) is 8.05. The van der Waals surface area contributed by atoms with Gasteiger partial charge in [-0.1, -0.05) is 67.6 Å². The molecule has 0 bridgehead atoms. The summed E-state index contributed by atoms with van der Waals surface area (Å²) in [6.07, 6.45) is 3.44. The highest BCUT2D eigenvalue weighted by Crippen LogP contribution is 2.17. The zero-order valence-corrected chi connectivity index (χ0v) is 22.4. The topological polar surface area (TPSA) is 113 Å². The first-order chi connectivity index (χ1) is 17.6. The molecule has 6 N–H and O–H groups in total. The van der Waals surface area contributed by atoms with E-state index in [4.69, 9.17) is 10.9 Å². The standard InChI is InChI=1S/C13H12.C12H17N3O2S.C2H8N2S/c1-3-7-12(8-4-1)11-13-9-5-2-6-10-13;13-6-9-3-4-10(18-9)7-14-12(17)11-2-1-5-15(11)8-16;1-2-4-5-3/h1-10H,11H2;3-4,8,11H,1-2,5-7,13H2,(H,14,17);4H,2-3H2,1H3. The minimum Gasteiger partial charge on any atom is -0.349 e. The Morgan fingerprint density at radius 1 is 1.06 bits per heavy atom. The molecule has 4 rings (SSSR count). The fourth-order valence-corrected chi connectivity index (χ4v) is 4.63. The summed E-state index contributed by atoms with van der Waals surface area (Å²) in [5.41, 5.74) is 8.27. The smallest absolute Gasteiger partial charge is 0.243 e. The molecule has 36 heavy (non-hydrogen) atoms. The Morgan fingerprint density at radius 3 is 2.14 bits per heavy atom. The molecule has 9 heteroatoms. The Bertz CT molecular complexity index is 962. The van der Waals surface area contributed by atoms with Crippen molar-refractivity contribution in [1.29, 1.82) is 0 Å². The summed E-state index contributed by atoms with van der Waals surface area (Å²) in [5, 5.41) is 7.82. The van der Waals surface area contributed by atoms with Gasteiger partial charge in [-0.15, -0.1) is 11.3 Å². The zero-order chi connectivity index (χ0) is 26.0. The van der Waals surface area contributed by atoms with Crippen LogP contribution in [0.3, 0.4) is 0 Å². The lowest BCUT2D eigenvalue weighted by molar-refractivity contribution is -0.131. The van der Waals surface area contributed by atoms with E-state index in [1.54, 1.807) is 16.2 Å². The lowest BCUT2D eigenvalue weighted by Crippen LogP contribution is -2.42. The first kappa shape index (κ1) is 29.5. The molecule has 1 aliphatic rings. The predicted octanol–water partition coefficient (Wildman–Crippen LogP) is 3.84. The molecule has 2 heterocycles. The van der Waals surface area contributed by atoms with Gasteiger partial charge in [0.25, 0.3) is 0 Å². The van der Waals surface area contributed by atoms with Crippen LogP contribution < -0.4 is 20.9 Å². The van der Waals surface area contributed by atoms with Crippen molar-refractivity contribution >= 4 is 35.8 Å². The first-order valence-electron chi connectivity index (χ1n) is 12.0. The second kappa shape index (κ2) is 17.7. The molecule has 0 spiro atoms. The second-order valence-corrected chi connectivity index (χ2v) is 9.83. The van der Waals surface area contributed by atoms with E-state index in [1.165, 1.54) is 11.1 Å². The third-order valence-electron chi connectivity index (χ3n) is 5.41. The Kier molecular flexibility index (Phi) is 14.5. The van der Waals surface area contributed by atoms with Gasteiger partial charge in [-0.05, 0) is 42.5 Å². The monoisotopic (exact) mass is 527 g/mol. The van der Waals surface area contributed by atoms with Crippen molar-refractivity contribution in [3.63, 3.8) is 0 Å². The molecule has 1 aromatic heterocycles. The Morgan fingerprint density at radius 2 is 1.67 bits per heavy atom. The highest BCUT2D eigenvalue weighted by atomic mass is 32.2. The fraction of sp³-hybridized carbons (Fsp3) is 0.333. The number of carbonyl (C=O) groups is 2. The zero-order valence-electron chi connectivity index (χ0n) is 20.8. The van der Waals surface area contributed by atoms with Gasteiger partial charge in [-0.25, -0.2) is 0 Å². The number of nitrogens with two attached hydrogens (primary N) is 2. The number of carbonyl (C=O) groups excluding carboxylic acids is 2. The normalized spacial score (nSPS) is 14.2. The summed E-state index contributed by atoms with van der Waals surface area (Å²) < 4.78 is 2.81. The van der Waals surface area contributed by atoms with Gasteiger partial charge in [0.15, 0.2) is 0 Å². The summed E-state index contributed by atoms with van der Waals surface area (Å²) in [6, 6.07) is 24.7. The van der Waals surface area contributed by atoms with Crippen LogP contribution >= 0.6 is 23.5 Å². The van der Waals surface area contributed by atoms with Crippen LogP contribution in [0.5, 0.6) is 0 Å². The summed E-state index contributed by atoms with van der Waals surface area (Å²) in [7, 11) is 0. The maximum Gasteiger partial charge on any atom is 0.243 e. The summed E-state index contributed by atoms with van der Waals surface area (Å²) in [4.78, 5) is 26.5. The number of thiophene rings is 1. The number of hydrogen-bond donors (Lipinski definition) is 4. The molecule has 3 aromatic rings. The van der Waals surface area contributed by atoms with Crippen molar-refractivity contribution in [1.82, 2.24) is 14.9 Å². The maximum atomic E-state index is 11.9. The van der Waals surface area contributed by atoms with Crippen molar-refractivity contribution < 1.29 is 9.59 Å². The van der Waals surface area contributed by atoms with Gasteiger partial charge in [0.05, 0.1) is 6.54 Å². The Hall–Kier alpha value is -2.69. The molecule has 2 amide bonds. The van der Waals surface area contributed by atoms with Crippen LogP contribution in [-0.2, 0) is 29.1 Å². The molecule has 0 aliphatic carbocycles. The molecule has 1 aliphatic heterocycles. The van der Waals surface area contributed by atoms with Crippen molar-refractivity contribution in [2.75, 3.05) is 13.1 Å². The van der Waals surface area contributed by atoms with Gasteiger partial charge < -0.3 is 16.0 Å². The van der Waals surface area contributed by atoms with E-state index in [0.717, 1.165) is 54.1 Å². The molecular weight excluding hydrogens is 490 g/mol. The van der Waals surface area contributed by atoms with Gasteiger partial charge >= 0.3 is 0 Å². The molecule has 7 nitrogen and oxygen atoms in total. The summed E-state index contributed by atoms with van der Waals surface area (Å²) in [5.74, 6) is -0.0673. The van der Waals surface area contributed by atoms with E-state index in [1.807, 2.05) is 19.1 Å². The lowest BCUT2D eigenvalue weighted by atomic mass is 10.1. The van der Waals surface area contributed by atoms with Gasteiger partial charge in [0.1, 0.15) is 6.04 Å². The molecule has 0 saturated carbocycles.